The number of amides is 1. The van der Waals surface area contributed by atoms with Gasteiger partial charge in [-0.15, -0.1) is 0 Å². The number of aromatic nitrogens is 3. The third kappa shape index (κ3) is 3.11. The van der Waals surface area contributed by atoms with Crippen LogP contribution in [0.3, 0.4) is 0 Å². The van der Waals surface area contributed by atoms with E-state index in [0.29, 0.717) is 18.7 Å². The molecule has 2 heterocycles. The van der Waals surface area contributed by atoms with Crippen LogP contribution in [0.15, 0.2) is 55.1 Å². The van der Waals surface area contributed by atoms with Gasteiger partial charge in [0.15, 0.2) is 11.5 Å². The first kappa shape index (κ1) is 16.1. The van der Waals surface area contributed by atoms with Crippen LogP contribution in [-0.2, 0) is 6.54 Å². The Morgan fingerprint density at radius 3 is 2.69 bits per heavy atom. The molecule has 4 rings (SSSR count). The number of ether oxygens (including phenoxy) is 2. The molecule has 0 bridgehead atoms. The van der Waals surface area contributed by atoms with Crippen molar-refractivity contribution in [3.05, 3.63) is 66.2 Å². The van der Waals surface area contributed by atoms with E-state index in [1.807, 2.05) is 49.4 Å². The summed E-state index contributed by atoms with van der Waals surface area (Å²) in [5.74, 6) is 1.45. The monoisotopic (exact) mass is 350 g/mol. The average Bonchev–Trinajstić information content (AvgIpc) is 3.37. The van der Waals surface area contributed by atoms with E-state index < -0.39 is 0 Å². The summed E-state index contributed by atoms with van der Waals surface area (Å²) in [4.78, 5) is 18.6. The lowest BCUT2D eigenvalue weighted by molar-refractivity contribution is 0.0752. The highest BCUT2D eigenvalue weighted by molar-refractivity contribution is 5.94. The van der Waals surface area contributed by atoms with E-state index in [2.05, 4.69) is 10.1 Å². The lowest BCUT2D eigenvalue weighted by Gasteiger charge is -2.21. The molecule has 132 valence electrons. The molecular formula is C19H18N4O3. The Labute approximate surface area is 150 Å². The molecule has 3 aromatic rings. The van der Waals surface area contributed by atoms with Crippen LogP contribution in [0.4, 0.5) is 0 Å². The smallest absolute Gasteiger partial charge is 0.254 e. The zero-order valence-corrected chi connectivity index (χ0v) is 14.3. The fourth-order valence-corrected chi connectivity index (χ4v) is 2.87. The summed E-state index contributed by atoms with van der Waals surface area (Å²) in [6.07, 6.45) is 3.10. The van der Waals surface area contributed by atoms with E-state index in [4.69, 9.17) is 9.47 Å². The van der Waals surface area contributed by atoms with Gasteiger partial charge in [-0.1, -0.05) is 6.07 Å². The lowest BCUT2D eigenvalue weighted by Crippen LogP contribution is -2.30. The van der Waals surface area contributed by atoms with Crippen LogP contribution in [0.25, 0.3) is 5.69 Å². The van der Waals surface area contributed by atoms with E-state index in [0.717, 1.165) is 22.7 Å². The largest absolute Gasteiger partial charge is 0.454 e. The van der Waals surface area contributed by atoms with Crippen molar-refractivity contribution in [2.45, 2.75) is 13.5 Å². The maximum Gasteiger partial charge on any atom is 0.254 e. The highest BCUT2D eigenvalue weighted by Gasteiger charge is 2.18. The van der Waals surface area contributed by atoms with Gasteiger partial charge in [0, 0.05) is 18.7 Å². The molecule has 26 heavy (non-hydrogen) atoms. The van der Waals surface area contributed by atoms with E-state index in [9.17, 15) is 4.79 Å². The van der Waals surface area contributed by atoms with Crippen LogP contribution in [0.2, 0.25) is 0 Å². The molecule has 1 aliphatic rings. The molecule has 0 atom stereocenters. The van der Waals surface area contributed by atoms with E-state index >= 15 is 0 Å². The van der Waals surface area contributed by atoms with Gasteiger partial charge in [0.05, 0.1) is 5.69 Å². The van der Waals surface area contributed by atoms with Gasteiger partial charge in [-0.2, -0.15) is 5.10 Å². The number of hydrogen-bond donors (Lipinski definition) is 0. The molecule has 1 aromatic heterocycles. The minimum absolute atomic E-state index is 0.0182. The molecule has 0 saturated heterocycles. The highest BCUT2D eigenvalue weighted by atomic mass is 16.7. The molecule has 0 saturated carbocycles. The Balaban J connectivity index is 1.50. The summed E-state index contributed by atoms with van der Waals surface area (Å²) in [5, 5.41) is 4.08. The SMILES string of the molecule is CCN(Cc1ccc2c(c1)OCO2)C(=O)c1ccc(-n2cncn2)cc1. The summed E-state index contributed by atoms with van der Waals surface area (Å²) in [5.41, 5.74) is 2.50. The predicted octanol–water partition coefficient (Wildman–Crippen LogP) is 2.66. The van der Waals surface area contributed by atoms with Gasteiger partial charge in [-0.05, 0) is 48.9 Å². The van der Waals surface area contributed by atoms with Crippen LogP contribution >= 0.6 is 0 Å². The zero-order chi connectivity index (χ0) is 17.9. The number of nitrogens with zero attached hydrogens (tertiary/aromatic N) is 4. The van der Waals surface area contributed by atoms with Crippen molar-refractivity contribution in [2.75, 3.05) is 13.3 Å². The van der Waals surface area contributed by atoms with Gasteiger partial charge in [0.25, 0.3) is 5.91 Å². The maximum atomic E-state index is 12.8. The Kier molecular flexibility index (Phi) is 4.27. The van der Waals surface area contributed by atoms with E-state index in [1.165, 1.54) is 6.33 Å². The minimum atomic E-state index is -0.0182. The molecule has 0 radical (unpaired) electrons. The van der Waals surface area contributed by atoms with Crippen molar-refractivity contribution in [2.24, 2.45) is 0 Å². The molecule has 1 aliphatic heterocycles. The number of rotatable bonds is 5. The quantitative estimate of drug-likeness (QED) is 0.708. The van der Waals surface area contributed by atoms with Gasteiger partial charge in [-0.3, -0.25) is 4.79 Å². The summed E-state index contributed by atoms with van der Waals surface area (Å²) < 4.78 is 12.4. The summed E-state index contributed by atoms with van der Waals surface area (Å²) in [6, 6.07) is 13.1. The van der Waals surface area contributed by atoms with E-state index in [-0.39, 0.29) is 12.7 Å². The summed E-state index contributed by atoms with van der Waals surface area (Å²) in [7, 11) is 0. The third-order valence-electron chi connectivity index (χ3n) is 4.28. The first-order valence-electron chi connectivity index (χ1n) is 8.37. The molecule has 1 amide bonds. The van der Waals surface area contributed by atoms with Gasteiger partial charge in [-0.25, -0.2) is 9.67 Å². The molecule has 7 nitrogen and oxygen atoms in total. The van der Waals surface area contributed by atoms with Crippen LogP contribution < -0.4 is 9.47 Å². The molecule has 2 aromatic carbocycles. The third-order valence-corrected chi connectivity index (χ3v) is 4.28. The molecule has 0 spiro atoms. The normalized spacial score (nSPS) is 12.2. The summed E-state index contributed by atoms with van der Waals surface area (Å²) >= 11 is 0. The number of hydrogen-bond acceptors (Lipinski definition) is 5. The maximum absolute atomic E-state index is 12.8. The first-order chi connectivity index (χ1) is 12.7. The number of benzene rings is 2. The first-order valence-corrected chi connectivity index (χ1v) is 8.37. The van der Waals surface area contributed by atoms with Gasteiger partial charge in [0.1, 0.15) is 12.7 Å². The standard InChI is InChI=1S/C19H18N4O3/c1-2-22(10-14-3-8-17-18(9-14)26-13-25-17)19(24)15-4-6-16(7-5-15)23-12-20-11-21-23/h3-9,11-12H,2,10,13H2,1H3. The second kappa shape index (κ2) is 6.87. The van der Waals surface area contributed by atoms with Crippen molar-refractivity contribution in [3.63, 3.8) is 0 Å². The van der Waals surface area contributed by atoms with Gasteiger partial charge >= 0.3 is 0 Å². The van der Waals surface area contributed by atoms with Crippen molar-refractivity contribution in [1.29, 1.82) is 0 Å². The van der Waals surface area contributed by atoms with Crippen molar-refractivity contribution < 1.29 is 14.3 Å². The van der Waals surface area contributed by atoms with Crippen molar-refractivity contribution in [3.8, 4) is 17.2 Å². The number of carbonyl (C=O) groups excluding carboxylic acids is 1. The molecule has 0 aliphatic carbocycles. The van der Waals surface area contributed by atoms with Crippen molar-refractivity contribution >= 4 is 5.91 Å². The Bertz CT molecular complexity index is 907. The molecular weight excluding hydrogens is 332 g/mol. The number of carbonyl (C=O) groups is 1. The van der Waals surface area contributed by atoms with Crippen LogP contribution in [0, 0.1) is 0 Å². The molecule has 0 N–H and O–H groups in total. The Hall–Kier alpha value is -3.35. The van der Waals surface area contributed by atoms with Gasteiger partial charge in [0.2, 0.25) is 6.79 Å². The van der Waals surface area contributed by atoms with Crippen LogP contribution in [-0.4, -0.2) is 38.9 Å². The van der Waals surface area contributed by atoms with Gasteiger partial charge < -0.3 is 14.4 Å². The second-order valence-corrected chi connectivity index (χ2v) is 5.89. The van der Waals surface area contributed by atoms with Crippen LogP contribution in [0.5, 0.6) is 11.5 Å². The highest BCUT2D eigenvalue weighted by Crippen LogP contribution is 2.32. The fraction of sp³-hybridized carbons (Fsp3) is 0.211. The molecule has 0 fully saturated rings. The lowest BCUT2D eigenvalue weighted by atomic mass is 10.1. The van der Waals surface area contributed by atoms with E-state index in [1.54, 1.807) is 15.9 Å². The predicted molar refractivity (Wildman–Crippen MR) is 94.3 cm³/mol. The van der Waals surface area contributed by atoms with Crippen LogP contribution in [0.1, 0.15) is 22.8 Å². The molecule has 0 unspecified atom stereocenters. The second-order valence-electron chi connectivity index (χ2n) is 5.89. The average molecular weight is 350 g/mol. The summed E-state index contributed by atoms with van der Waals surface area (Å²) in [6.45, 7) is 3.33. The minimum Gasteiger partial charge on any atom is -0.454 e. The molecule has 7 heteroatoms. The van der Waals surface area contributed by atoms with Crippen molar-refractivity contribution in [1.82, 2.24) is 19.7 Å². The Morgan fingerprint density at radius 2 is 1.96 bits per heavy atom. The zero-order valence-electron chi connectivity index (χ0n) is 14.3. The number of fused-ring (bicyclic) bond motifs is 1. The fourth-order valence-electron chi connectivity index (χ4n) is 2.87. The Morgan fingerprint density at radius 1 is 1.15 bits per heavy atom. The topological polar surface area (TPSA) is 69.5 Å².